The minimum absolute atomic E-state index is 0.0348. The Morgan fingerprint density at radius 3 is 2.47 bits per heavy atom. The van der Waals surface area contributed by atoms with Gasteiger partial charge in [0.1, 0.15) is 17.1 Å². The highest BCUT2D eigenvalue weighted by atomic mass is 16.6. The van der Waals surface area contributed by atoms with E-state index in [1.165, 1.54) is 42.5 Å². The van der Waals surface area contributed by atoms with Gasteiger partial charge >= 0.3 is 5.63 Å². The number of ketones is 1. The topological polar surface area (TPSA) is 131 Å². The van der Waals surface area contributed by atoms with Crippen LogP contribution in [0.5, 0.6) is 11.5 Å². The van der Waals surface area contributed by atoms with Gasteiger partial charge in [0.05, 0.1) is 21.4 Å². The molecule has 0 aliphatic carbocycles. The molecule has 32 heavy (non-hydrogen) atoms. The number of carbonyl (C=O) groups excluding carboxylic acids is 1. The maximum Gasteiger partial charge on any atom is 0.343 e. The van der Waals surface area contributed by atoms with Crippen molar-refractivity contribution in [2.75, 3.05) is 0 Å². The molecule has 1 heterocycles. The van der Waals surface area contributed by atoms with Crippen LogP contribution in [0.3, 0.4) is 0 Å². The Morgan fingerprint density at radius 2 is 1.72 bits per heavy atom. The average molecular weight is 431 g/mol. The molecule has 0 radical (unpaired) electrons. The molecule has 0 bridgehead atoms. The third-order valence-electron chi connectivity index (χ3n) is 5.25. The van der Waals surface area contributed by atoms with Gasteiger partial charge in [-0.05, 0) is 29.8 Å². The van der Waals surface area contributed by atoms with Crippen LogP contribution in [-0.4, -0.2) is 20.9 Å². The molecule has 8 heteroatoms. The first-order valence-electron chi connectivity index (χ1n) is 9.67. The minimum atomic E-state index is -1.05. The van der Waals surface area contributed by atoms with Gasteiger partial charge in [-0.25, -0.2) is 4.79 Å². The van der Waals surface area contributed by atoms with Crippen LogP contribution < -0.4 is 5.63 Å². The molecule has 0 saturated carbocycles. The highest BCUT2D eigenvalue weighted by Gasteiger charge is 2.29. The number of non-ortho nitro benzene ring substituents is 1. The number of carbonyl (C=O) groups is 1. The number of phenolic OH excluding ortho intramolecular Hbond substituents is 1. The second-order valence-electron chi connectivity index (χ2n) is 7.20. The summed E-state index contributed by atoms with van der Waals surface area (Å²) in [6, 6.07) is 17.8. The van der Waals surface area contributed by atoms with Gasteiger partial charge in [-0.3, -0.25) is 14.9 Å². The Bertz CT molecular complexity index is 1410. The fourth-order valence-corrected chi connectivity index (χ4v) is 3.70. The summed E-state index contributed by atoms with van der Waals surface area (Å²) in [5.74, 6) is -2.15. The van der Waals surface area contributed by atoms with Crippen LogP contribution in [0.2, 0.25) is 0 Å². The zero-order valence-corrected chi connectivity index (χ0v) is 16.6. The number of nitro benzene ring substituents is 1. The smallest absolute Gasteiger partial charge is 0.343 e. The van der Waals surface area contributed by atoms with E-state index < -0.39 is 22.3 Å². The predicted octanol–water partition coefficient (Wildman–Crippen LogP) is 4.52. The summed E-state index contributed by atoms with van der Waals surface area (Å²) >= 11 is 0. The molecule has 8 nitrogen and oxygen atoms in total. The third kappa shape index (κ3) is 3.81. The van der Waals surface area contributed by atoms with E-state index in [2.05, 4.69) is 0 Å². The molecule has 0 spiro atoms. The van der Waals surface area contributed by atoms with E-state index in [-0.39, 0.29) is 51.3 Å². The van der Waals surface area contributed by atoms with Crippen LogP contribution in [0.1, 0.15) is 33.8 Å². The van der Waals surface area contributed by atoms with Crippen LogP contribution in [0.25, 0.3) is 11.0 Å². The largest absolute Gasteiger partial charge is 0.507 e. The van der Waals surface area contributed by atoms with Crippen molar-refractivity contribution in [3.8, 4) is 11.5 Å². The number of para-hydroxylation sites is 2. The zero-order valence-electron chi connectivity index (χ0n) is 16.6. The molecule has 0 amide bonds. The van der Waals surface area contributed by atoms with Crippen molar-refractivity contribution >= 4 is 22.4 Å². The predicted molar refractivity (Wildman–Crippen MR) is 116 cm³/mol. The quantitative estimate of drug-likeness (QED) is 0.199. The standard InChI is InChI=1S/C24H17NO7/c26-19-10-3-1-8-16(19)20(27)13-18(14-6-5-7-15(12-14)25(30)31)22-23(28)17-9-2-4-11-21(17)32-24(22)29/h1-12,18,26,28H,13H2. The fourth-order valence-electron chi connectivity index (χ4n) is 3.70. The van der Waals surface area contributed by atoms with Gasteiger partial charge in [-0.1, -0.05) is 36.4 Å². The van der Waals surface area contributed by atoms with Crippen LogP contribution in [-0.2, 0) is 0 Å². The van der Waals surface area contributed by atoms with Crippen molar-refractivity contribution in [2.45, 2.75) is 12.3 Å². The third-order valence-corrected chi connectivity index (χ3v) is 5.25. The SMILES string of the molecule is O=C(CC(c1cccc([N+](=O)[O-])c1)c1c(O)c2ccccc2oc1=O)c1ccccc1O. The summed E-state index contributed by atoms with van der Waals surface area (Å²) in [4.78, 5) is 36.6. The van der Waals surface area contributed by atoms with Gasteiger partial charge in [0, 0.05) is 24.5 Å². The molecule has 0 saturated heterocycles. The van der Waals surface area contributed by atoms with Gasteiger partial charge in [0.2, 0.25) is 0 Å². The van der Waals surface area contributed by atoms with Gasteiger partial charge in [0.25, 0.3) is 5.69 Å². The first kappa shape index (κ1) is 20.8. The Labute approximate surface area is 181 Å². The van der Waals surface area contributed by atoms with Gasteiger partial charge < -0.3 is 14.6 Å². The van der Waals surface area contributed by atoms with Crippen LogP contribution >= 0.6 is 0 Å². The summed E-state index contributed by atoms with van der Waals surface area (Å²) in [6.45, 7) is 0. The number of Topliss-reactive ketones (excluding diaryl/α,β-unsaturated/α-hetero) is 1. The number of phenols is 1. The number of aromatic hydroxyl groups is 2. The first-order valence-corrected chi connectivity index (χ1v) is 9.67. The molecular formula is C24H17NO7. The molecule has 0 aliphatic heterocycles. The van der Waals surface area contributed by atoms with Gasteiger partial charge in [0.15, 0.2) is 5.78 Å². The van der Waals surface area contributed by atoms with Crippen molar-refractivity contribution in [3.05, 3.63) is 110 Å². The van der Waals surface area contributed by atoms with E-state index in [1.807, 2.05) is 0 Å². The van der Waals surface area contributed by atoms with Crippen molar-refractivity contribution in [1.29, 1.82) is 0 Å². The lowest BCUT2D eigenvalue weighted by Crippen LogP contribution is -2.18. The number of benzene rings is 3. The second-order valence-corrected chi connectivity index (χ2v) is 7.20. The lowest BCUT2D eigenvalue weighted by atomic mass is 9.85. The van der Waals surface area contributed by atoms with Crippen molar-refractivity contribution in [1.82, 2.24) is 0 Å². The Morgan fingerprint density at radius 1 is 1.00 bits per heavy atom. The maximum atomic E-state index is 13.0. The fraction of sp³-hybridized carbons (Fsp3) is 0.0833. The highest BCUT2D eigenvalue weighted by molar-refractivity contribution is 5.99. The van der Waals surface area contributed by atoms with Crippen molar-refractivity contribution in [3.63, 3.8) is 0 Å². The lowest BCUT2D eigenvalue weighted by molar-refractivity contribution is -0.384. The molecule has 3 aromatic carbocycles. The van der Waals surface area contributed by atoms with Crippen molar-refractivity contribution < 1.29 is 24.3 Å². The maximum absolute atomic E-state index is 13.0. The second kappa shape index (κ2) is 8.35. The number of rotatable bonds is 6. The molecule has 1 unspecified atom stereocenters. The number of nitrogens with zero attached hydrogens (tertiary/aromatic N) is 1. The number of hydrogen-bond donors (Lipinski definition) is 2. The van der Waals surface area contributed by atoms with Gasteiger partial charge in [-0.15, -0.1) is 0 Å². The highest BCUT2D eigenvalue weighted by Crippen LogP contribution is 2.38. The van der Waals surface area contributed by atoms with E-state index in [0.717, 1.165) is 0 Å². The Balaban J connectivity index is 1.91. The molecule has 2 N–H and O–H groups in total. The van der Waals surface area contributed by atoms with E-state index in [0.29, 0.717) is 0 Å². The first-order chi connectivity index (χ1) is 15.4. The molecule has 4 rings (SSSR count). The minimum Gasteiger partial charge on any atom is -0.507 e. The normalized spacial score (nSPS) is 11.9. The van der Waals surface area contributed by atoms with E-state index in [9.17, 15) is 29.9 Å². The summed E-state index contributed by atoms with van der Waals surface area (Å²) < 4.78 is 5.35. The lowest BCUT2D eigenvalue weighted by Gasteiger charge is -2.18. The molecule has 160 valence electrons. The van der Waals surface area contributed by atoms with Crippen molar-refractivity contribution in [2.24, 2.45) is 0 Å². The molecular weight excluding hydrogens is 414 g/mol. The molecule has 1 aromatic heterocycles. The summed E-state index contributed by atoms with van der Waals surface area (Å²) in [5.41, 5.74) is -0.792. The summed E-state index contributed by atoms with van der Waals surface area (Å²) in [7, 11) is 0. The molecule has 0 aliphatic rings. The monoisotopic (exact) mass is 431 g/mol. The summed E-state index contributed by atoms with van der Waals surface area (Å²) in [6.07, 6.45) is -0.338. The number of nitro groups is 1. The number of hydrogen-bond acceptors (Lipinski definition) is 7. The Hall–Kier alpha value is -4.46. The summed E-state index contributed by atoms with van der Waals surface area (Å²) in [5, 5.41) is 32.5. The van der Waals surface area contributed by atoms with Crippen LogP contribution in [0.15, 0.2) is 82.0 Å². The zero-order chi connectivity index (χ0) is 22.8. The average Bonchev–Trinajstić information content (AvgIpc) is 2.78. The molecule has 1 atom stereocenters. The Kier molecular flexibility index (Phi) is 5.43. The van der Waals surface area contributed by atoms with Gasteiger partial charge in [-0.2, -0.15) is 0 Å². The van der Waals surface area contributed by atoms with Crippen LogP contribution in [0, 0.1) is 10.1 Å². The van der Waals surface area contributed by atoms with E-state index in [4.69, 9.17) is 4.42 Å². The van der Waals surface area contributed by atoms with E-state index >= 15 is 0 Å². The molecule has 4 aromatic rings. The van der Waals surface area contributed by atoms with E-state index in [1.54, 1.807) is 30.3 Å². The molecule has 0 fully saturated rings. The number of fused-ring (bicyclic) bond motifs is 1. The van der Waals surface area contributed by atoms with Crippen LogP contribution in [0.4, 0.5) is 5.69 Å².